The lowest BCUT2D eigenvalue weighted by Gasteiger charge is -2.07. The van der Waals surface area contributed by atoms with Crippen molar-refractivity contribution in [3.05, 3.63) is 52.9 Å². The van der Waals surface area contributed by atoms with Gasteiger partial charge in [0.05, 0.1) is 19.1 Å². The van der Waals surface area contributed by atoms with Crippen LogP contribution in [0.1, 0.15) is 12.5 Å². The molecule has 7 heteroatoms. The first-order valence-electron chi connectivity index (χ1n) is 7.88. The van der Waals surface area contributed by atoms with Crippen molar-refractivity contribution in [2.24, 2.45) is 4.99 Å². The molecule has 1 saturated heterocycles. The zero-order valence-electron chi connectivity index (χ0n) is 14.7. The third-order valence-electron chi connectivity index (χ3n) is 3.92. The Balaban J connectivity index is 1.91. The van der Waals surface area contributed by atoms with Crippen LogP contribution in [0.25, 0.3) is 5.57 Å². The second kappa shape index (κ2) is 7.53. The van der Waals surface area contributed by atoms with Gasteiger partial charge in [0.1, 0.15) is 17.2 Å². The highest BCUT2D eigenvalue weighted by atomic mass is 32.2. The van der Waals surface area contributed by atoms with E-state index in [1.807, 2.05) is 31.2 Å². The molecule has 0 bridgehead atoms. The number of benzene rings is 2. The summed E-state index contributed by atoms with van der Waals surface area (Å²) in [6, 6.07) is 12.7. The number of nitrogens with zero attached hydrogens (tertiary/aromatic N) is 1. The minimum Gasteiger partial charge on any atom is -0.497 e. The SMILES string of the molecule is COc1ccc(N=C2NC(=O)/C(=C(\C)c3ccc(N)cc3)S2)c(OC)c1. The number of nitrogens with two attached hydrogens (primary N) is 1. The molecular weight excluding hydrogens is 350 g/mol. The summed E-state index contributed by atoms with van der Waals surface area (Å²) in [5.74, 6) is 1.07. The predicted molar refractivity (Wildman–Crippen MR) is 106 cm³/mol. The molecule has 1 aliphatic rings. The highest BCUT2D eigenvalue weighted by Crippen LogP contribution is 2.36. The van der Waals surface area contributed by atoms with Gasteiger partial charge in [-0.25, -0.2) is 4.99 Å². The molecule has 0 radical (unpaired) electrons. The molecular formula is C19H19N3O3S. The minimum atomic E-state index is -0.171. The van der Waals surface area contributed by atoms with E-state index in [0.717, 1.165) is 11.1 Å². The van der Waals surface area contributed by atoms with Crippen molar-refractivity contribution in [3.8, 4) is 11.5 Å². The number of rotatable bonds is 4. The summed E-state index contributed by atoms with van der Waals surface area (Å²) >= 11 is 1.30. The van der Waals surface area contributed by atoms with Gasteiger partial charge in [0.25, 0.3) is 5.91 Å². The number of methoxy groups -OCH3 is 2. The molecule has 0 spiro atoms. The maximum atomic E-state index is 12.4. The number of nitrogens with one attached hydrogen (secondary N) is 1. The second-order valence-corrected chi connectivity index (χ2v) is 6.59. The Morgan fingerprint density at radius 2 is 1.85 bits per heavy atom. The maximum Gasteiger partial charge on any atom is 0.264 e. The summed E-state index contributed by atoms with van der Waals surface area (Å²) in [6.45, 7) is 1.91. The van der Waals surface area contributed by atoms with Crippen LogP contribution in [0.3, 0.4) is 0 Å². The number of carbonyl (C=O) groups excluding carboxylic acids is 1. The van der Waals surface area contributed by atoms with Crippen molar-refractivity contribution >= 4 is 39.8 Å². The van der Waals surface area contributed by atoms with Crippen molar-refractivity contribution in [3.63, 3.8) is 0 Å². The number of nitrogen functional groups attached to an aromatic ring is 1. The van der Waals surface area contributed by atoms with Crippen molar-refractivity contribution in [1.82, 2.24) is 5.32 Å². The van der Waals surface area contributed by atoms with E-state index < -0.39 is 0 Å². The Hall–Kier alpha value is -2.93. The van der Waals surface area contributed by atoms with E-state index >= 15 is 0 Å². The molecule has 2 aromatic carbocycles. The van der Waals surface area contributed by atoms with Crippen LogP contribution in [0.2, 0.25) is 0 Å². The number of thioether (sulfide) groups is 1. The van der Waals surface area contributed by atoms with E-state index in [9.17, 15) is 4.79 Å². The lowest BCUT2D eigenvalue weighted by atomic mass is 10.1. The summed E-state index contributed by atoms with van der Waals surface area (Å²) in [5, 5.41) is 3.30. The lowest BCUT2D eigenvalue weighted by Crippen LogP contribution is -2.19. The molecule has 0 aliphatic carbocycles. The first-order chi connectivity index (χ1) is 12.5. The average Bonchev–Trinajstić information content (AvgIpc) is 3.02. The van der Waals surface area contributed by atoms with Crippen LogP contribution in [-0.4, -0.2) is 25.3 Å². The van der Waals surface area contributed by atoms with Crippen molar-refractivity contribution in [1.29, 1.82) is 0 Å². The number of aliphatic imine (C=N–C) groups is 1. The standard InChI is InChI=1S/C19H19N3O3S/c1-11(12-4-6-13(20)7-5-12)17-18(23)22-19(26-17)21-15-9-8-14(24-2)10-16(15)25-3/h4-10H,20H2,1-3H3,(H,21,22,23)/b17-11-. The Morgan fingerprint density at radius 1 is 1.12 bits per heavy atom. The van der Waals surface area contributed by atoms with Gasteiger partial charge in [0.2, 0.25) is 0 Å². The van der Waals surface area contributed by atoms with Gasteiger partial charge >= 0.3 is 0 Å². The molecule has 0 aromatic heterocycles. The van der Waals surface area contributed by atoms with Crippen LogP contribution in [-0.2, 0) is 4.79 Å². The van der Waals surface area contributed by atoms with Gasteiger partial charge in [0.15, 0.2) is 5.17 Å². The predicted octanol–water partition coefficient (Wildman–Crippen LogP) is 3.57. The van der Waals surface area contributed by atoms with Gasteiger partial charge in [-0.3, -0.25) is 4.79 Å². The minimum absolute atomic E-state index is 0.171. The van der Waals surface area contributed by atoms with Gasteiger partial charge in [-0.15, -0.1) is 0 Å². The number of hydrogen-bond acceptors (Lipinski definition) is 6. The lowest BCUT2D eigenvalue weighted by molar-refractivity contribution is -0.115. The van der Waals surface area contributed by atoms with Crippen molar-refractivity contribution in [2.45, 2.75) is 6.92 Å². The zero-order valence-corrected chi connectivity index (χ0v) is 15.5. The number of amidine groups is 1. The van der Waals surface area contributed by atoms with Crippen molar-refractivity contribution in [2.75, 3.05) is 20.0 Å². The molecule has 1 heterocycles. The molecule has 0 unspecified atom stereocenters. The number of hydrogen-bond donors (Lipinski definition) is 2. The molecule has 6 nitrogen and oxygen atoms in total. The quantitative estimate of drug-likeness (QED) is 0.636. The van der Waals surface area contributed by atoms with E-state index in [-0.39, 0.29) is 5.91 Å². The molecule has 134 valence electrons. The summed E-state index contributed by atoms with van der Waals surface area (Å²) in [6.07, 6.45) is 0. The third-order valence-corrected chi connectivity index (χ3v) is 5.00. The number of allylic oxidation sites excluding steroid dienone is 1. The summed E-state index contributed by atoms with van der Waals surface area (Å²) in [4.78, 5) is 17.5. The average molecular weight is 369 g/mol. The van der Waals surface area contributed by atoms with Crippen LogP contribution < -0.4 is 20.5 Å². The number of carbonyl (C=O) groups is 1. The topological polar surface area (TPSA) is 85.9 Å². The largest absolute Gasteiger partial charge is 0.497 e. The van der Waals surface area contributed by atoms with Crippen LogP contribution in [0.15, 0.2) is 52.4 Å². The Labute approximate surface area is 156 Å². The second-order valence-electron chi connectivity index (χ2n) is 5.59. The van der Waals surface area contributed by atoms with Gasteiger partial charge < -0.3 is 20.5 Å². The smallest absolute Gasteiger partial charge is 0.264 e. The highest BCUT2D eigenvalue weighted by Gasteiger charge is 2.26. The summed E-state index contributed by atoms with van der Waals surface area (Å²) in [5.41, 5.74) is 8.84. The van der Waals surface area contributed by atoms with E-state index in [1.54, 1.807) is 32.4 Å². The van der Waals surface area contributed by atoms with Crippen LogP contribution >= 0.6 is 11.8 Å². The molecule has 0 atom stereocenters. The first kappa shape index (κ1) is 17.9. The Kier molecular flexibility index (Phi) is 5.18. The fourth-order valence-electron chi connectivity index (χ4n) is 2.47. The first-order valence-corrected chi connectivity index (χ1v) is 8.70. The molecule has 1 aliphatic heterocycles. The van der Waals surface area contributed by atoms with Gasteiger partial charge in [-0.1, -0.05) is 12.1 Å². The monoisotopic (exact) mass is 369 g/mol. The molecule has 3 rings (SSSR count). The fourth-order valence-corrected chi connectivity index (χ4v) is 3.37. The van der Waals surface area contributed by atoms with Crippen molar-refractivity contribution < 1.29 is 14.3 Å². The number of anilines is 1. The Morgan fingerprint density at radius 3 is 2.50 bits per heavy atom. The molecule has 3 N–H and O–H groups in total. The number of amides is 1. The number of ether oxygens (including phenoxy) is 2. The molecule has 26 heavy (non-hydrogen) atoms. The molecule has 1 amide bonds. The Bertz CT molecular complexity index is 905. The molecule has 1 fully saturated rings. The van der Waals surface area contributed by atoms with E-state index in [0.29, 0.717) is 32.9 Å². The van der Waals surface area contributed by atoms with Crippen LogP contribution in [0.4, 0.5) is 11.4 Å². The molecule has 2 aromatic rings. The van der Waals surface area contributed by atoms with Gasteiger partial charge in [-0.05, 0) is 54.1 Å². The van der Waals surface area contributed by atoms with Crippen LogP contribution in [0, 0.1) is 0 Å². The van der Waals surface area contributed by atoms with Crippen LogP contribution in [0.5, 0.6) is 11.5 Å². The maximum absolute atomic E-state index is 12.4. The molecule has 0 saturated carbocycles. The van der Waals surface area contributed by atoms with E-state index in [1.165, 1.54) is 11.8 Å². The normalized spacial score (nSPS) is 17.2. The highest BCUT2D eigenvalue weighted by molar-refractivity contribution is 8.18. The summed E-state index contributed by atoms with van der Waals surface area (Å²) < 4.78 is 10.5. The van der Waals surface area contributed by atoms with Gasteiger partial charge in [-0.2, -0.15) is 0 Å². The van der Waals surface area contributed by atoms with E-state index in [4.69, 9.17) is 15.2 Å². The zero-order chi connectivity index (χ0) is 18.7. The fraction of sp³-hybridized carbons (Fsp3) is 0.158. The third kappa shape index (κ3) is 3.67. The van der Waals surface area contributed by atoms with E-state index in [2.05, 4.69) is 10.3 Å². The van der Waals surface area contributed by atoms with Gasteiger partial charge in [0, 0.05) is 11.8 Å². The summed E-state index contributed by atoms with van der Waals surface area (Å²) in [7, 11) is 3.15.